The van der Waals surface area contributed by atoms with E-state index in [2.05, 4.69) is 20.4 Å². The number of hydrogen-bond donors (Lipinski definition) is 1. The second-order valence-corrected chi connectivity index (χ2v) is 4.98. The molecule has 1 aromatic heterocycles. The first-order valence-electron chi connectivity index (χ1n) is 6.93. The number of nitrogens with one attached hydrogen (secondary N) is 1. The highest BCUT2D eigenvalue weighted by molar-refractivity contribution is 5.33. The first kappa shape index (κ1) is 15.0. The van der Waals surface area contributed by atoms with Gasteiger partial charge in [-0.15, -0.1) is 10.2 Å². The van der Waals surface area contributed by atoms with Crippen LogP contribution in [0.1, 0.15) is 31.4 Å². The van der Waals surface area contributed by atoms with E-state index >= 15 is 0 Å². The van der Waals surface area contributed by atoms with Gasteiger partial charge in [0.15, 0.2) is 5.69 Å². The average molecular weight is 288 g/mol. The van der Waals surface area contributed by atoms with Crippen LogP contribution in [0.15, 0.2) is 12.1 Å². The Bertz CT molecular complexity index is 397. The largest absolute Gasteiger partial charge is 0.435 e. The molecule has 112 valence electrons. The lowest BCUT2D eigenvalue weighted by atomic mass is 10.2. The van der Waals surface area contributed by atoms with Gasteiger partial charge in [0.25, 0.3) is 0 Å². The maximum atomic E-state index is 12.3. The molecule has 1 saturated heterocycles. The molecule has 0 aliphatic carbocycles. The summed E-state index contributed by atoms with van der Waals surface area (Å²) in [6, 6.07) is 2.26. The summed E-state index contributed by atoms with van der Waals surface area (Å²) < 4.78 is 37.0. The van der Waals surface area contributed by atoms with Crippen molar-refractivity contribution < 1.29 is 13.2 Å². The van der Waals surface area contributed by atoms with Gasteiger partial charge in [0.2, 0.25) is 0 Å². The van der Waals surface area contributed by atoms with Gasteiger partial charge in [0.05, 0.1) is 0 Å². The van der Waals surface area contributed by atoms with Gasteiger partial charge < -0.3 is 10.2 Å². The van der Waals surface area contributed by atoms with Gasteiger partial charge in [-0.1, -0.05) is 12.8 Å². The van der Waals surface area contributed by atoms with Crippen LogP contribution in [0.5, 0.6) is 0 Å². The highest BCUT2D eigenvalue weighted by Crippen LogP contribution is 2.26. The van der Waals surface area contributed by atoms with Crippen molar-refractivity contribution in [2.75, 3.05) is 31.5 Å². The van der Waals surface area contributed by atoms with Gasteiger partial charge in [-0.25, -0.2) is 0 Å². The molecule has 4 nitrogen and oxygen atoms in total. The number of anilines is 1. The molecule has 1 fully saturated rings. The fourth-order valence-corrected chi connectivity index (χ4v) is 2.28. The Morgan fingerprint density at radius 3 is 2.30 bits per heavy atom. The number of halogens is 3. The zero-order valence-electron chi connectivity index (χ0n) is 11.3. The van der Waals surface area contributed by atoms with Crippen LogP contribution in [0.2, 0.25) is 0 Å². The lowest BCUT2D eigenvalue weighted by molar-refractivity contribution is -0.141. The van der Waals surface area contributed by atoms with Crippen LogP contribution in [0.25, 0.3) is 0 Å². The minimum Gasteiger partial charge on any atom is -0.367 e. The molecule has 0 bridgehead atoms. The number of aromatic nitrogens is 2. The third-order valence-corrected chi connectivity index (χ3v) is 3.39. The number of rotatable bonds is 4. The Balaban J connectivity index is 1.76. The van der Waals surface area contributed by atoms with Crippen molar-refractivity contribution in [3.05, 3.63) is 17.8 Å². The summed E-state index contributed by atoms with van der Waals surface area (Å²) in [6.07, 6.45) is 0.584. The van der Waals surface area contributed by atoms with Crippen LogP contribution in [-0.2, 0) is 6.18 Å². The Morgan fingerprint density at radius 2 is 1.75 bits per heavy atom. The zero-order chi connectivity index (χ0) is 14.4. The van der Waals surface area contributed by atoms with E-state index in [0.29, 0.717) is 12.4 Å². The second kappa shape index (κ2) is 6.88. The molecular weight excluding hydrogens is 269 g/mol. The molecule has 2 heterocycles. The van der Waals surface area contributed by atoms with Crippen LogP contribution in [0, 0.1) is 0 Å². The number of likely N-dealkylation sites (tertiary alicyclic amines) is 1. The van der Waals surface area contributed by atoms with E-state index in [4.69, 9.17) is 0 Å². The first-order valence-corrected chi connectivity index (χ1v) is 6.93. The minimum absolute atomic E-state index is 0.382. The van der Waals surface area contributed by atoms with Gasteiger partial charge >= 0.3 is 6.18 Å². The summed E-state index contributed by atoms with van der Waals surface area (Å²) in [5, 5.41) is 9.73. The highest BCUT2D eigenvalue weighted by atomic mass is 19.4. The molecule has 0 aromatic carbocycles. The van der Waals surface area contributed by atoms with Gasteiger partial charge in [0.1, 0.15) is 5.82 Å². The Hall–Kier alpha value is -1.37. The standard InChI is InChI=1S/C13H19F3N4/c14-13(15,16)11-5-6-12(19-18-11)17-7-10-20-8-3-1-2-4-9-20/h5-6H,1-4,7-10H2,(H,17,19). The lowest BCUT2D eigenvalue weighted by Crippen LogP contribution is -2.30. The van der Waals surface area contributed by atoms with E-state index in [9.17, 15) is 13.2 Å². The van der Waals surface area contributed by atoms with E-state index < -0.39 is 11.9 Å². The van der Waals surface area contributed by atoms with E-state index in [1.807, 2.05) is 0 Å². The Labute approximate surface area is 116 Å². The monoisotopic (exact) mass is 288 g/mol. The van der Waals surface area contributed by atoms with Gasteiger partial charge in [0, 0.05) is 13.1 Å². The summed E-state index contributed by atoms with van der Waals surface area (Å²) >= 11 is 0. The summed E-state index contributed by atoms with van der Waals surface area (Å²) in [4.78, 5) is 2.37. The molecule has 0 saturated carbocycles. The van der Waals surface area contributed by atoms with Crippen LogP contribution in [0.4, 0.5) is 19.0 Å². The van der Waals surface area contributed by atoms with Crippen molar-refractivity contribution in [3.8, 4) is 0 Å². The zero-order valence-corrected chi connectivity index (χ0v) is 11.3. The van der Waals surface area contributed by atoms with Crippen molar-refractivity contribution in [3.63, 3.8) is 0 Å². The van der Waals surface area contributed by atoms with Gasteiger partial charge in [-0.3, -0.25) is 0 Å². The SMILES string of the molecule is FC(F)(F)c1ccc(NCCN2CCCCCC2)nn1. The quantitative estimate of drug-likeness (QED) is 0.925. The predicted octanol–water partition coefficient (Wildman–Crippen LogP) is 2.78. The molecule has 20 heavy (non-hydrogen) atoms. The van der Waals surface area contributed by atoms with E-state index in [1.54, 1.807) is 0 Å². The Morgan fingerprint density at radius 1 is 1.05 bits per heavy atom. The molecule has 1 N–H and O–H groups in total. The molecule has 0 atom stereocenters. The van der Waals surface area contributed by atoms with Crippen LogP contribution in [0.3, 0.4) is 0 Å². The number of nitrogens with zero attached hydrogens (tertiary/aromatic N) is 3. The third kappa shape index (κ3) is 4.63. The van der Waals surface area contributed by atoms with E-state index in [1.165, 1.54) is 31.7 Å². The third-order valence-electron chi connectivity index (χ3n) is 3.39. The van der Waals surface area contributed by atoms with Crippen molar-refractivity contribution in [1.82, 2.24) is 15.1 Å². The molecular formula is C13H19F3N4. The molecule has 1 aliphatic heterocycles. The van der Waals surface area contributed by atoms with Crippen molar-refractivity contribution in [1.29, 1.82) is 0 Å². The van der Waals surface area contributed by atoms with Crippen LogP contribution < -0.4 is 5.32 Å². The smallest absolute Gasteiger partial charge is 0.367 e. The average Bonchev–Trinajstić information content (AvgIpc) is 2.67. The molecule has 7 heteroatoms. The lowest BCUT2D eigenvalue weighted by Gasteiger charge is -2.19. The molecule has 0 radical (unpaired) electrons. The van der Waals surface area contributed by atoms with Crippen LogP contribution in [-0.4, -0.2) is 41.3 Å². The summed E-state index contributed by atoms with van der Waals surface area (Å²) in [7, 11) is 0. The van der Waals surface area contributed by atoms with E-state index in [0.717, 1.165) is 25.7 Å². The summed E-state index contributed by atoms with van der Waals surface area (Å²) in [5.74, 6) is 0.382. The van der Waals surface area contributed by atoms with Gasteiger partial charge in [-0.05, 0) is 38.1 Å². The number of alkyl halides is 3. The van der Waals surface area contributed by atoms with Gasteiger partial charge in [-0.2, -0.15) is 13.2 Å². The molecule has 1 aliphatic rings. The maximum absolute atomic E-state index is 12.3. The topological polar surface area (TPSA) is 41.0 Å². The van der Waals surface area contributed by atoms with Crippen molar-refractivity contribution >= 4 is 5.82 Å². The highest BCUT2D eigenvalue weighted by Gasteiger charge is 2.32. The fraction of sp³-hybridized carbons (Fsp3) is 0.692. The second-order valence-electron chi connectivity index (χ2n) is 4.98. The number of hydrogen-bond acceptors (Lipinski definition) is 4. The molecule has 1 aromatic rings. The van der Waals surface area contributed by atoms with E-state index in [-0.39, 0.29) is 0 Å². The Kier molecular flexibility index (Phi) is 5.17. The maximum Gasteiger partial charge on any atom is 0.435 e. The summed E-state index contributed by atoms with van der Waals surface area (Å²) in [5.41, 5.74) is -0.962. The molecule has 2 rings (SSSR count). The fourth-order valence-electron chi connectivity index (χ4n) is 2.28. The van der Waals surface area contributed by atoms with Crippen LogP contribution >= 0.6 is 0 Å². The van der Waals surface area contributed by atoms with Crippen molar-refractivity contribution in [2.45, 2.75) is 31.9 Å². The normalized spacial score (nSPS) is 17.8. The minimum atomic E-state index is -4.43. The molecule has 0 spiro atoms. The van der Waals surface area contributed by atoms with Crippen molar-refractivity contribution in [2.24, 2.45) is 0 Å². The molecule has 0 unspecified atom stereocenters. The summed E-state index contributed by atoms with van der Waals surface area (Å²) in [6.45, 7) is 3.74. The molecule has 0 amide bonds. The predicted molar refractivity (Wildman–Crippen MR) is 70.4 cm³/mol. The first-order chi connectivity index (χ1) is 9.55.